The second kappa shape index (κ2) is 5.33. The first-order valence-corrected chi connectivity index (χ1v) is 6.52. The Morgan fingerprint density at radius 1 is 1.24 bits per heavy atom. The van der Waals surface area contributed by atoms with Gasteiger partial charge in [-0.2, -0.15) is 0 Å². The molecule has 5 heteroatoms. The molecule has 5 nitrogen and oxygen atoms in total. The number of carbonyl (C=O) groups is 1. The van der Waals surface area contributed by atoms with E-state index in [0.29, 0.717) is 25.4 Å². The lowest BCUT2D eigenvalue weighted by atomic mass is 9.95. The predicted octanol–water partition coefficient (Wildman–Crippen LogP) is 0.0400. The first kappa shape index (κ1) is 12.8. The van der Waals surface area contributed by atoms with E-state index in [0.717, 1.165) is 38.9 Å². The van der Waals surface area contributed by atoms with E-state index in [1.807, 2.05) is 0 Å². The molecule has 0 aromatic rings. The molecule has 0 bridgehead atoms. The summed E-state index contributed by atoms with van der Waals surface area (Å²) < 4.78 is 0. The van der Waals surface area contributed by atoms with Gasteiger partial charge in [-0.25, -0.2) is 4.79 Å². The largest absolute Gasteiger partial charge is 0.479 e. The summed E-state index contributed by atoms with van der Waals surface area (Å²) in [6.45, 7) is 3.71. The Balaban J connectivity index is 1.93. The van der Waals surface area contributed by atoms with Gasteiger partial charge in [0, 0.05) is 12.6 Å². The van der Waals surface area contributed by atoms with Gasteiger partial charge in [0.05, 0.1) is 0 Å². The molecule has 3 N–H and O–H groups in total. The third kappa shape index (κ3) is 2.97. The number of hydrogen-bond donors (Lipinski definition) is 3. The smallest absolute Gasteiger partial charge is 0.335 e. The summed E-state index contributed by atoms with van der Waals surface area (Å²) in [5.41, 5.74) is -1.50. The third-order valence-corrected chi connectivity index (χ3v) is 4.07. The minimum atomic E-state index is -1.50. The zero-order chi connectivity index (χ0) is 12.3. The molecule has 17 heavy (non-hydrogen) atoms. The van der Waals surface area contributed by atoms with E-state index in [9.17, 15) is 9.90 Å². The molecular weight excluding hydrogens is 220 g/mol. The predicted molar refractivity (Wildman–Crippen MR) is 63.9 cm³/mol. The molecule has 0 saturated carbocycles. The van der Waals surface area contributed by atoms with Crippen molar-refractivity contribution in [3.05, 3.63) is 0 Å². The molecule has 1 atom stereocenters. The minimum Gasteiger partial charge on any atom is -0.479 e. The molecule has 2 heterocycles. The van der Waals surface area contributed by atoms with Crippen molar-refractivity contribution >= 4 is 5.97 Å². The maximum absolute atomic E-state index is 11.0. The van der Waals surface area contributed by atoms with Crippen LogP contribution in [0.3, 0.4) is 0 Å². The van der Waals surface area contributed by atoms with E-state index in [1.165, 1.54) is 0 Å². The van der Waals surface area contributed by atoms with Gasteiger partial charge in [-0.15, -0.1) is 0 Å². The van der Waals surface area contributed by atoms with Crippen molar-refractivity contribution in [1.82, 2.24) is 10.2 Å². The molecule has 98 valence electrons. The van der Waals surface area contributed by atoms with Crippen molar-refractivity contribution in [2.24, 2.45) is 0 Å². The van der Waals surface area contributed by atoms with Gasteiger partial charge >= 0.3 is 5.97 Å². The first-order valence-electron chi connectivity index (χ1n) is 6.52. The van der Waals surface area contributed by atoms with E-state index in [2.05, 4.69) is 10.2 Å². The number of aliphatic hydroxyl groups is 1. The van der Waals surface area contributed by atoms with Crippen LogP contribution >= 0.6 is 0 Å². The molecule has 0 radical (unpaired) electrons. The Morgan fingerprint density at radius 2 is 1.94 bits per heavy atom. The topological polar surface area (TPSA) is 72.8 Å². The fourth-order valence-corrected chi connectivity index (χ4v) is 2.89. The number of aliphatic carboxylic acids is 1. The van der Waals surface area contributed by atoms with Crippen molar-refractivity contribution in [2.45, 2.75) is 43.7 Å². The summed E-state index contributed by atoms with van der Waals surface area (Å²) in [6.07, 6.45) is 3.76. The van der Waals surface area contributed by atoms with Crippen LogP contribution < -0.4 is 5.32 Å². The van der Waals surface area contributed by atoms with Crippen molar-refractivity contribution < 1.29 is 15.0 Å². The summed E-state index contributed by atoms with van der Waals surface area (Å²) >= 11 is 0. The number of nitrogens with zero attached hydrogens (tertiary/aromatic N) is 1. The standard InChI is InChI=1S/C12H22N2O3/c15-11(16)12(17)4-1-8-14(9-5-12)10-2-6-13-7-3-10/h10,13,17H,1-9H2,(H,15,16). The monoisotopic (exact) mass is 242 g/mol. The van der Waals surface area contributed by atoms with Crippen LogP contribution in [0.25, 0.3) is 0 Å². The quantitative estimate of drug-likeness (QED) is 0.637. The number of carboxylic acid groups (broad SMARTS) is 1. The van der Waals surface area contributed by atoms with Crippen LogP contribution in [0, 0.1) is 0 Å². The van der Waals surface area contributed by atoms with Crippen LogP contribution in [0.4, 0.5) is 0 Å². The highest BCUT2D eigenvalue weighted by atomic mass is 16.4. The van der Waals surface area contributed by atoms with E-state index in [-0.39, 0.29) is 0 Å². The van der Waals surface area contributed by atoms with E-state index >= 15 is 0 Å². The van der Waals surface area contributed by atoms with Crippen LogP contribution in [0.15, 0.2) is 0 Å². The normalized spacial score (nSPS) is 33.2. The summed E-state index contributed by atoms with van der Waals surface area (Å²) in [6, 6.07) is 0.562. The minimum absolute atomic E-state index is 0.353. The molecule has 0 aliphatic carbocycles. The molecule has 0 spiro atoms. The van der Waals surface area contributed by atoms with Gasteiger partial charge in [0.1, 0.15) is 0 Å². The van der Waals surface area contributed by atoms with Crippen molar-refractivity contribution in [3.63, 3.8) is 0 Å². The fraction of sp³-hybridized carbons (Fsp3) is 0.917. The molecule has 1 unspecified atom stereocenters. The maximum Gasteiger partial charge on any atom is 0.335 e. The molecule has 2 aliphatic rings. The van der Waals surface area contributed by atoms with E-state index in [1.54, 1.807) is 0 Å². The molecule has 0 amide bonds. The highest BCUT2D eigenvalue weighted by molar-refractivity contribution is 5.77. The third-order valence-electron chi connectivity index (χ3n) is 4.07. The fourth-order valence-electron chi connectivity index (χ4n) is 2.89. The molecule has 0 aromatic carbocycles. The summed E-state index contributed by atoms with van der Waals surface area (Å²) in [4.78, 5) is 13.4. The van der Waals surface area contributed by atoms with Crippen LogP contribution in [-0.2, 0) is 4.79 Å². The van der Waals surface area contributed by atoms with Crippen LogP contribution in [0.1, 0.15) is 32.1 Å². The average molecular weight is 242 g/mol. The van der Waals surface area contributed by atoms with Gasteiger partial charge < -0.3 is 20.4 Å². The molecule has 0 aromatic heterocycles. The second-order valence-corrected chi connectivity index (χ2v) is 5.21. The lowest BCUT2D eigenvalue weighted by Gasteiger charge is -2.34. The van der Waals surface area contributed by atoms with Crippen molar-refractivity contribution in [2.75, 3.05) is 26.2 Å². The number of likely N-dealkylation sites (tertiary alicyclic amines) is 1. The summed E-state index contributed by atoms with van der Waals surface area (Å²) in [5.74, 6) is -1.07. The first-order chi connectivity index (χ1) is 8.12. The van der Waals surface area contributed by atoms with E-state index < -0.39 is 11.6 Å². The Labute approximate surface area is 102 Å². The van der Waals surface area contributed by atoms with Gasteiger partial charge in [0.15, 0.2) is 5.60 Å². The Kier molecular flexibility index (Phi) is 4.01. The highest BCUT2D eigenvalue weighted by Crippen LogP contribution is 2.25. The maximum atomic E-state index is 11.0. The number of nitrogens with one attached hydrogen (secondary N) is 1. The van der Waals surface area contributed by atoms with Crippen molar-refractivity contribution in [1.29, 1.82) is 0 Å². The lowest BCUT2D eigenvalue weighted by molar-refractivity contribution is -0.159. The lowest BCUT2D eigenvalue weighted by Crippen LogP contribution is -2.44. The molecule has 2 saturated heterocycles. The van der Waals surface area contributed by atoms with Gasteiger partial charge in [-0.3, -0.25) is 0 Å². The zero-order valence-corrected chi connectivity index (χ0v) is 10.2. The van der Waals surface area contributed by atoms with Crippen molar-refractivity contribution in [3.8, 4) is 0 Å². The Morgan fingerprint density at radius 3 is 2.59 bits per heavy atom. The van der Waals surface area contributed by atoms with Crippen LogP contribution in [0.5, 0.6) is 0 Å². The average Bonchev–Trinajstić information content (AvgIpc) is 2.54. The molecule has 2 fully saturated rings. The number of carboxylic acids is 1. The number of hydrogen-bond acceptors (Lipinski definition) is 4. The van der Waals surface area contributed by atoms with Crippen LogP contribution in [-0.4, -0.2) is 58.9 Å². The molecule has 2 rings (SSSR count). The molecular formula is C12H22N2O3. The summed E-state index contributed by atoms with van der Waals surface area (Å²) in [7, 11) is 0. The second-order valence-electron chi connectivity index (χ2n) is 5.21. The Hall–Kier alpha value is -0.650. The summed E-state index contributed by atoms with van der Waals surface area (Å²) in [5, 5.41) is 22.4. The van der Waals surface area contributed by atoms with E-state index in [4.69, 9.17) is 5.11 Å². The van der Waals surface area contributed by atoms with Gasteiger partial charge in [-0.1, -0.05) is 0 Å². The van der Waals surface area contributed by atoms with Gasteiger partial charge in [-0.05, 0) is 51.7 Å². The molecule has 2 aliphatic heterocycles. The Bertz CT molecular complexity index is 279. The van der Waals surface area contributed by atoms with Gasteiger partial charge in [0.25, 0.3) is 0 Å². The number of piperidine rings is 1. The SMILES string of the molecule is O=C(O)C1(O)CCCN(C2CCNCC2)CC1. The number of rotatable bonds is 2. The highest BCUT2D eigenvalue weighted by Gasteiger charge is 2.38. The van der Waals surface area contributed by atoms with Gasteiger partial charge in [0.2, 0.25) is 0 Å². The zero-order valence-electron chi connectivity index (χ0n) is 10.2. The van der Waals surface area contributed by atoms with Crippen LogP contribution in [0.2, 0.25) is 0 Å².